The van der Waals surface area contributed by atoms with Crippen LogP contribution in [0.5, 0.6) is 5.75 Å². The molecule has 16 heavy (non-hydrogen) atoms. The van der Waals surface area contributed by atoms with Gasteiger partial charge in [0.2, 0.25) is 0 Å². The van der Waals surface area contributed by atoms with E-state index in [1.54, 1.807) is 18.2 Å². The minimum Gasteiger partial charge on any atom is -0.495 e. The van der Waals surface area contributed by atoms with Crippen LogP contribution in [0.15, 0.2) is 18.7 Å². The molecule has 0 radical (unpaired) electrons. The summed E-state index contributed by atoms with van der Waals surface area (Å²) in [4.78, 5) is 11.5. The van der Waals surface area contributed by atoms with Crippen LogP contribution in [-0.4, -0.2) is 20.2 Å². The molecule has 1 aromatic carbocycles. The van der Waals surface area contributed by atoms with Crippen molar-refractivity contribution in [3.8, 4) is 18.1 Å². The van der Waals surface area contributed by atoms with Crippen LogP contribution >= 0.6 is 0 Å². The first-order chi connectivity index (χ1) is 7.67. The fourth-order valence-corrected chi connectivity index (χ4v) is 1.34. The van der Waals surface area contributed by atoms with Gasteiger partial charge in [0.05, 0.1) is 25.3 Å². The second-order valence-electron chi connectivity index (χ2n) is 2.99. The highest BCUT2D eigenvalue weighted by atomic mass is 16.5. The Morgan fingerprint density at radius 3 is 2.62 bits per heavy atom. The Kier molecular flexibility index (Phi) is 3.73. The van der Waals surface area contributed by atoms with E-state index in [-0.39, 0.29) is 0 Å². The SMILES string of the molecule is C#Cc1c(OC)cc(C=C)cc1C(=O)OC. The largest absolute Gasteiger partial charge is 0.495 e. The minimum absolute atomic E-state index is 0.305. The van der Waals surface area contributed by atoms with E-state index in [1.807, 2.05) is 0 Å². The van der Waals surface area contributed by atoms with Crippen LogP contribution in [0.4, 0.5) is 0 Å². The number of esters is 1. The van der Waals surface area contributed by atoms with Crippen molar-refractivity contribution in [2.45, 2.75) is 0 Å². The van der Waals surface area contributed by atoms with E-state index in [0.29, 0.717) is 16.9 Å². The average Bonchev–Trinajstić information content (AvgIpc) is 2.35. The quantitative estimate of drug-likeness (QED) is 0.573. The van der Waals surface area contributed by atoms with Crippen molar-refractivity contribution in [2.75, 3.05) is 14.2 Å². The number of hydrogen-bond acceptors (Lipinski definition) is 3. The van der Waals surface area contributed by atoms with Crippen molar-refractivity contribution >= 4 is 12.0 Å². The highest BCUT2D eigenvalue weighted by molar-refractivity contribution is 5.94. The third-order valence-electron chi connectivity index (χ3n) is 2.13. The topological polar surface area (TPSA) is 35.5 Å². The summed E-state index contributed by atoms with van der Waals surface area (Å²) in [6.07, 6.45) is 6.95. The Bertz CT molecular complexity index is 467. The molecular formula is C13H12O3. The normalized spacial score (nSPS) is 9.06. The van der Waals surface area contributed by atoms with E-state index in [9.17, 15) is 4.79 Å². The molecule has 0 saturated carbocycles. The van der Waals surface area contributed by atoms with Gasteiger partial charge in [-0.2, -0.15) is 0 Å². The number of hydrogen-bond donors (Lipinski definition) is 0. The number of ether oxygens (including phenoxy) is 2. The molecule has 0 heterocycles. The van der Waals surface area contributed by atoms with E-state index in [0.717, 1.165) is 5.56 Å². The molecule has 0 bridgehead atoms. The summed E-state index contributed by atoms with van der Waals surface area (Å²) in [5.74, 6) is 2.39. The molecule has 0 aliphatic carbocycles. The lowest BCUT2D eigenvalue weighted by atomic mass is 10.0. The zero-order valence-corrected chi connectivity index (χ0v) is 9.24. The zero-order chi connectivity index (χ0) is 12.1. The van der Waals surface area contributed by atoms with Crippen molar-refractivity contribution in [3.63, 3.8) is 0 Å². The lowest BCUT2D eigenvalue weighted by Gasteiger charge is -2.09. The molecular weight excluding hydrogens is 204 g/mol. The molecule has 0 fully saturated rings. The average molecular weight is 216 g/mol. The van der Waals surface area contributed by atoms with Gasteiger partial charge in [-0.25, -0.2) is 4.79 Å². The highest BCUT2D eigenvalue weighted by Gasteiger charge is 2.15. The zero-order valence-electron chi connectivity index (χ0n) is 9.24. The Balaban J connectivity index is 3.50. The second-order valence-corrected chi connectivity index (χ2v) is 2.99. The van der Waals surface area contributed by atoms with Gasteiger partial charge in [0.1, 0.15) is 5.75 Å². The van der Waals surface area contributed by atoms with Gasteiger partial charge in [0, 0.05) is 0 Å². The summed E-state index contributed by atoms with van der Waals surface area (Å²) in [7, 11) is 2.79. The van der Waals surface area contributed by atoms with Crippen LogP contribution in [0.25, 0.3) is 6.08 Å². The predicted octanol–water partition coefficient (Wildman–Crippen LogP) is 2.11. The van der Waals surface area contributed by atoms with Crippen molar-refractivity contribution in [1.82, 2.24) is 0 Å². The molecule has 0 aromatic heterocycles. The number of carbonyl (C=O) groups excluding carboxylic acids is 1. The Labute approximate surface area is 94.7 Å². The van der Waals surface area contributed by atoms with E-state index < -0.39 is 5.97 Å². The van der Waals surface area contributed by atoms with Gasteiger partial charge in [0.15, 0.2) is 0 Å². The maximum Gasteiger partial charge on any atom is 0.339 e. The van der Waals surface area contributed by atoms with Crippen LogP contribution in [0.3, 0.4) is 0 Å². The van der Waals surface area contributed by atoms with E-state index in [4.69, 9.17) is 11.2 Å². The van der Waals surface area contributed by atoms with Crippen molar-refractivity contribution in [2.24, 2.45) is 0 Å². The van der Waals surface area contributed by atoms with Gasteiger partial charge in [-0.05, 0) is 17.7 Å². The van der Waals surface area contributed by atoms with Gasteiger partial charge in [-0.3, -0.25) is 0 Å². The van der Waals surface area contributed by atoms with Gasteiger partial charge >= 0.3 is 5.97 Å². The van der Waals surface area contributed by atoms with Crippen molar-refractivity contribution < 1.29 is 14.3 Å². The van der Waals surface area contributed by atoms with Crippen LogP contribution in [0.1, 0.15) is 21.5 Å². The fraction of sp³-hybridized carbons (Fsp3) is 0.154. The first-order valence-corrected chi connectivity index (χ1v) is 4.57. The first-order valence-electron chi connectivity index (χ1n) is 4.57. The van der Waals surface area contributed by atoms with Crippen molar-refractivity contribution in [3.05, 3.63) is 35.4 Å². The molecule has 3 nitrogen and oxygen atoms in total. The molecule has 0 unspecified atom stereocenters. The van der Waals surface area contributed by atoms with Crippen LogP contribution in [0.2, 0.25) is 0 Å². The third kappa shape index (κ3) is 2.06. The molecule has 0 atom stereocenters. The number of terminal acetylenes is 1. The standard InChI is InChI=1S/C13H12O3/c1-5-9-7-11(13(14)16-4)10(6-2)12(8-9)15-3/h2,5,7-8H,1H2,3-4H3. The highest BCUT2D eigenvalue weighted by Crippen LogP contribution is 2.25. The van der Waals surface area contributed by atoms with E-state index in [2.05, 4.69) is 17.2 Å². The minimum atomic E-state index is -0.491. The summed E-state index contributed by atoms with van der Waals surface area (Å²) in [6, 6.07) is 3.34. The van der Waals surface area contributed by atoms with Crippen LogP contribution in [0, 0.1) is 12.3 Å². The molecule has 3 heteroatoms. The molecule has 82 valence electrons. The van der Waals surface area contributed by atoms with E-state index in [1.165, 1.54) is 14.2 Å². The van der Waals surface area contributed by atoms with Gasteiger partial charge in [-0.15, -0.1) is 6.42 Å². The summed E-state index contributed by atoms with van der Waals surface area (Å²) < 4.78 is 9.77. The first kappa shape index (κ1) is 11.9. The molecule has 0 aliphatic rings. The lowest BCUT2D eigenvalue weighted by Crippen LogP contribution is -2.06. The molecule has 0 N–H and O–H groups in total. The molecule has 0 spiro atoms. The maximum atomic E-state index is 11.5. The summed E-state index contributed by atoms with van der Waals surface area (Å²) >= 11 is 0. The van der Waals surface area contributed by atoms with Crippen molar-refractivity contribution in [1.29, 1.82) is 0 Å². The van der Waals surface area contributed by atoms with Gasteiger partial charge < -0.3 is 9.47 Å². The molecule has 1 rings (SSSR count). The van der Waals surface area contributed by atoms with Gasteiger partial charge in [0.25, 0.3) is 0 Å². The molecule has 0 saturated heterocycles. The smallest absolute Gasteiger partial charge is 0.339 e. The van der Waals surface area contributed by atoms with Crippen LogP contribution < -0.4 is 4.74 Å². The number of rotatable bonds is 3. The predicted molar refractivity (Wildman–Crippen MR) is 62.4 cm³/mol. The van der Waals surface area contributed by atoms with E-state index >= 15 is 0 Å². The Morgan fingerprint density at radius 1 is 1.50 bits per heavy atom. The third-order valence-corrected chi connectivity index (χ3v) is 2.13. The number of methoxy groups -OCH3 is 2. The second kappa shape index (κ2) is 5.04. The van der Waals surface area contributed by atoms with Crippen LogP contribution in [-0.2, 0) is 4.74 Å². The Morgan fingerprint density at radius 2 is 2.19 bits per heavy atom. The summed E-state index contributed by atoms with van der Waals surface area (Å²) in [5, 5.41) is 0. The lowest BCUT2D eigenvalue weighted by molar-refractivity contribution is 0.0600. The summed E-state index contributed by atoms with van der Waals surface area (Å²) in [5.41, 5.74) is 1.44. The molecule has 1 aromatic rings. The number of carbonyl (C=O) groups is 1. The monoisotopic (exact) mass is 216 g/mol. The summed E-state index contributed by atoms with van der Waals surface area (Å²) in [6.45, 7) is 3.63. The fourth-order valence-electron chi connectivity index (χ4n) is 1.34. The molecule has 0 amide bonds. The Hall–Kier alpha value is -2.21. The van der Waals surface area contributed by atoms with Gasteiger partial charge in [-0.1, -0.05) is 18.6 Å². The number of benzene rings is 1. The maximum absolute atomic E-state index is 11.5. The molecule has 0 aliphatic heterocycles.